The summed E-state index contributed by atoms with van der Waals surface area (Å²) in [7, 11) is -5.05. The summed E-state index contributed by atoms with van der Waals surface area (Å²) in [5.74, 6) is -4.00. The molecule has 0 aromatic carbocycles. The molecule has 0 bridgehead atoms. The molecule has 0 aliphatic heterocycles. The van der Waals surface area contributed by atoms with Crippen LogP contribution in [-0.2, 0) is 39.0 Å². The van der Waals surface area contributed by atoms with Gasteiger partial charge in [0.25, 0.3) is 21.9 Å². The van der Waals surface area contributed by atoms with Crippen molar-refractivity contribution in [1.82, 2.24) is 11.0 Å². The summed E-state index contributed by atoms with van der Waals surface area (Å²) in [5.41, 5.74) is 3.76. The normalized spacial score (nSPS) is 11.4. The first-order valence-electron chi connectivity index (χ1n) is 15.1. The van der Waals surface area contributed by atoms with Gasteiger partial charge in [0.15, 0.2) is 5.25 Å². The van der Waals surface area contributed by atoms with E-state index < -0.39 is 45.5 Å². The average molecular weight is 641 g/mol. The molecule has 0 saturated carbocycles. The molecule has 0 heterocycles. The molecule has 0 radical (unpaired) electrons. The van der Waals surface area contributed by atoms with Gasteiger partial charge in [0, 0.05) is 12.8 Å². The SMILES string of the molecule is CCCCCCCCCCCC(=O)NOC(=O)CC(C(=O)ONC(=O)CCCCCCCCCCC)S(=O)(=O)O.[NaH].[NaH]. The Labute approximate surface area is 297 Å². The van der Waals surface area contributed by atoms with Crippen molar-refractivity contribution in [3.8, 4) is 0 Å². The van der Waals surface area contributed by atoms with Gasteiger partial charge in [-0.15, -0.1) is 0 Å². The predicted molar refractivity (Wildman–Crippen MR) is 166 cm³/mol. The van der Waals surface area contributed by atoms with Crippen LogP contribution in [0.15, 0.2) is 0 Å². The van der Waals surface area contributed by atoms with Gasteiger partial charge >= 0.3 is 71.1 Å². The van der Waals surface area contributed by atoms with Crippen molar-refractivity contribution in [1.29, 1.82) is 0 Å². The van der Waals surface area contributed by atoms with Crippen molar-refractivity contribution >= 4 is 93.0 Å². The number of unbranched alkanes of at least 4 members (excludes halogenated alkanes) is 16. The Bertz CT molecular complexity index is 830. The van der Waals surface area contributed by atoms with Crippen LogP contribution in [0, 0.1) is 0 Å². The minimum absolute atomic E-state index is 0. The van der Waals surface area contributed by atoms with Crippen LogP contribution in [0.3, 0.4) is 0 Å². The van der Waals surface area contributed by atoms with E-state index in [0.29, 0.717) is 12.8 Å². The van der Waals surface area contributed by atoms with Crippen LogP contribution in [0.1, 0.15) is 149 Å². The van der Waals surface area contributed by atoms with E-state index in [1.165, 1.54) is 57.8 Å². The third-order valence-corrected chi connectivity index (χ3v) is 7.61. The summed E-state index contributed by atoms with van der Waals surface area (Å²) in [6.45, 7) is 4.34. The summed E-state index contributed by atoms with van der Waals surface area (Å²) in [6.07, 6.45) is 18.3. The Kier molecular flexibility index (Phi) is 33.9. The quantitative estimate of drug-likeness (QED) is 0.0603. The predicted octanol–water partition coefficient (Wildman–Crippen LogP) is 4.33. The molecule has 0 fully saturated rings. The molecule has 0 aromatic heterocycles. The van der Waals surface area contributed by atoms with Crippen LogP contribution in [0.4, 0.5) is 0 Å². The van der Waals surface area contributed by atoms with Crippen LogP contribution in [0.25, 0.3) is 0 Å². The topological polar surface area (TPSA) is 165 Å². The minimum atomic E-state index is -5.05. The van der Waals surface area contributed by atoms with Crippen molar-refractivity contribution < 1.29 is 41.8 Å². The molecule has 0 aliphatic carbocycles. The number of carbonyl (C=O) groups is 4. The van der Waals surface area contributed by atoms with E-state index in [1.54, 1.807) is 0 Å². The molecule has 42 heavy (non-hydrogen) atoms. The second kappa shape index (κ2) is 30.8. The maximum absolute atomic E-state index is 12.1. The van der Waals surface area contributed by atoms with Crippen LogP contribution in [0.2, 0.25) is 0 Å². The molecule has 1 atom stereocenters. The van der Waals surface area contributed by atoms with E-state index in [4.69, 9.17) is 0 Å². The summed E-state index contributed by atoms with van der Waals surface area (Å²) < 4.78 is 32.5. The van der Waals surface area contributed by atoms with E-state index in [9.17, 15) is 32.1 Å². The maximum atomic E-state index is 12.1. The fraction of sp³-hybridized carbons (Fsp3) is 0.857. The fourth-order valence-corrected chi connectivity index (χ4v) is 4.72. The Balaban J connectivity index is -0.00000760. The molecule has 0 saturated heterocycles. The standard InChI is InChI=1S/C28H52N2O9S.2Na.2H/c1-3-5-7-9-11-13-15-17-19-21-25(31)29-38-27(33)23-24(40(35,36)37)28(34)39-30-26(32)22-20-18-16-14-12-10-8-6-4-2;;;;/h24H,3-23H2,1-2H3,(H,29,31)(H,30,32)(H,35,36,37);;;;. The van der Waals surface area contributed by atoms with Gasteiger partial charge in [0.1, 0.15) is 0 Å². The van der Waals surface area contributed by atoms with Crippen LogP contribution in [0.5, 0.6) is 0 Å². The van der Waals surface area contributed by atoms with Gasteiger partial charge in [-0.3, -0.25) is 14.1 Å². The van der Waals surface area contributed by atoms with Crippen molar-refractivity contribution in [2.24, 2.45) is 0 Å². The first-order chi connectivity index (χ1) is 19.1. The third kappa shape index (κ3) is 28.6. The van der Waals surface area contributed by atoms with Gasteiger partial charge in [-0.25, -0.2) is 9.59 Å². The number of hydroxylamine groups is 2. The van der Waals surface area contributed by atoms with Crippen molar-refractivity contribution in [2.45, 2.75) is 154 Å². The molecule has 0 aromatic rings. The Morgan fingerprint density at radius 3 is 1.29 bits per heavy atom. The molecular weight excluding hydrogens is 586 g/mol. The molecule has 238 valence electrons. The fourth-order valence-electron chi connectivity index (χ4n) is 4.08. The van der Waals surface area contributed by atoms with Crippen LogP contribution < -0.4 is 11.0 Å². The van der Waals surface area contributed by atoms with Gasteiger partial charge in [-0.1, -0.05) is 117 Å². The van der Waals surface area contributed by atoms with Gasteiger partial charge in [-0.2, -0.15) is 19.4 Å². The van der Waals surface area contributed by atoms with Crippen molar-refractivity contribution in [3.05, 3.63) is 0 Å². The molecule has 0 rings (SSSR count). The van der Waals surface area contributed by atoms with Gasteiger partial charge in [0.2, 0.25) is 0 Å². The Hall–Kier alpha value is -0.210. The van der Waals surface area contributed by atoms with E-state index in [1.807, 2.05) is 11.0 Å². The number of amides is 2. The third-order valence-electron chi connectivity index (χ3n) is 6.53. The van der Waals surface area contributed by atoms with Crippen molar-refractivity contribution in [3.63, 3.8) is 0 Å². The number of nitrogens with one attached hydrogen (secondary N) is 2. The Morgan fingerprint density at radius 2 is 0.929 bits per heavy atom. The summed E-state index contributed by atoms with van der Waals surface area (Å²) in [4.78, 5) is 56.9. The zero-order chi connectivity index (χ0) is 30.1. The summed E-state index contributed by atoms with van der Waals surface area (Å²) in [6, 6.07) is 0. The number of rotatable bonds is 24. The molecule has 2 amide bonds. The molecule has 11 nitrogen and oxygen atoms in total. The zero-order valence-electron chi connectivity index (χ0n) is 24.5. The van der Waals surface area contributed by atoms with E-state index >= 15 is 0 Å². The molecule has 3 N–H and O–H groups in total. The number of carbonyl (C=O) groups excluding carboxylic acids is 4. The number of hydrogen-bond acceptors (Lipinski definition) is 8. The van der Waals surface area contributed by atoms with E-state index in [0.717, 1.165) is 44.9 Å². The first kappa shape index (κ1) is 46.2. The van der Waals surface area contributed by atoms with E-state index in [2.05, 4.69) is 23.5 Å². The summed E-state index contributed by atoms with van der Waals surface area (Å²) in [5, 5.41) is -2.32. The summed E-state index contributed by atoms with van der Waals surface area (Å²) >= 11 is 0. The van der Waals surface area contributed by atoms with Gasteiger partial charge in [0.05, 0.1) is 6.42 Å². The molecular formula is C28H54N2Na2O9S. The number of hydrogen-bond donors (Lipinski definition) is 3. The monoisotopic (exact) mass is 640 g/mol. The van der Waals surface area contributed by atoms with Gasteiger partial charge < -0.3 is 9.68 Å². The second-order valence-corrected chi connectivity index (χ2v) is 11.9. The first-order valence-corrected chi connectivity index (χ1v) is 16.6. The molecule has 1 unspecified atom stereocenters. The van der Waals surface area contributed by atoms with Crippen LogP contribution >= 0.6 is 0 Å². The van der Waals surface area contributed by atoms with Crippen molar-refractivity contribution in [2.75, 3.05) is 0 Å². The molecule has 14 heteroatoms. The molecule has 0 aliphatic rings. The Morgan fingerprint density at radius 1 is 0.595 bits per heavy atom. The van der Waals surface area contributed by atoms with E-state index in [-0.39, 0.29) is 72.0 Å². The molecule has 0 spiro atoms. The second-order valence-electron chi connectivity index (χ2n) is 10.3. The average Bonchev–Trinajstić information content (AvgIpc) is 2.91. The zero-order valence-corrected chi connectivity index (χ0v) is 25.4. The van der Waals surface area contributed by atoms with Gasteiger partial charge in [-0.05, 0) is 12.8 Å². The van der Waals surface area contributed by atoms with Crippen LogP contribution in [-0.4, -0.2) is 101 Å².